The van der Waals surface area contributed by atoms with E-state index in [9.17, 15) is 9.59 Å². The molecule has 2 amide bonds. The molecule has 2 aromatic rings. The number of carbonyl (C=O) groups excluding carboxylic acids is 2. The van der Waals surface area contributed by atoms with Crippen molar-refractivity contribution >= 4 is 29.0 Å². The maximum atomic E-state index is 11.9. The summed E-state index contributed by atoms with van der Waals surface area (Å²) >= 11 is 0.961. The quantitative estimate of drug-likeness (QED) is 0.536. The second kappa shape index (κ2) is 7.67. The average molecular weight is 434 g/mol. The van der Waals surface area contributed by atoms with Crippen LogP contribution in [0.1, 0.15) is 75.3 Å². The van der Waals surface area contributed by atoms with Gasteiger partial charge >= 0.3 is 0 Å². The van der Waals surface area contributed by atoms with Gasteiger partial charge in [-0.15, -0.1) is 0 Å². The van der Waals surface area contributed by atoms with Gasteiger partial charge < -0.3 is 0 Å². The van der Waals surface area contributed by atoms with Crippen LogP contribution in [-0.2, 0) is 22.0 Å². The van der Waals surface area contributed by atoms with Gasteiger partial charge in [-0.05, 0) is 93.8 Å². The van der Waals surface area contributed by atoms with Crippen molar-refractivity contribution in [1.29, 1.82) is 0 Å². The molecule has 1 fully saturated rings. The molecule has 162 valence electrons. The maximum absolute atomic E-state index is 11.9. The van der Waals surface area contributed by atoms with E-state index in [2.05, 4.69) is 71.1 Å². The zero-order valence-corrected chi connectivity index (χ0v) is 20.1. The van der Waals surface area contributed by atoms with Gasteiger partial charge in [0.1, 0.15) is 0 Å². The topological polar surface area (TPSA) is 46.2 Å². The van der Waals surface area contributed by atoms with Crippen molar-refractivity contribution in [2.45, 2.75) is 71.6 Å². The highest BCUT2D eigenvalue weighted by molar-refractivity contribution is 8.18. The van der Waals surface area contributed by atoms with Crippen LogP contribution in [0.5, 0.6) is 0 Å². The van der Waals surface area contributed by atoms with Crippen LogP contribution < -0.4 is 5.32 Å². The largest absolute Gasteiger partial charge is 0.290 e. The number of rotatable bonds is 3. The number of benzene rings is 2. The lowest BCUT2D eigenvalue weighted by molar-refractivity contribution is -0.115. The third-order valence-electron chi connectivity index (χ3n) is 6.94. The number of carbonyl (C=O) groups is 2. The van der Waals surface area contributed by atoms with Crippen molar-refractivity contribution < 1.29 is 9.59 Å². The number of nitrogens with one attached hydrogen (secondary N) is 1. The Morgan fingerprint density at radius 1 is 0.968 bits per heavy atom. The summed E-state index contributed by atoms with van der Waals surface area (Å²) in [5, 5.41) is 2.01. The van der Waals surface area contributed by atoms with Gasteiger partial charge in [-0.3, -0.25) is 14.9 Å². The van der Waals surface area contributed by atoms with Crippen LogP contribution in [0, 0.1) is 6.92 Å². The molecule has 0 atom stereocenters. The van der Waals surface area contributed by atoms with Crippen LogP contribution in [0.3, 0.4) is 0 Å². The van der Waals surface area contributed by atoms with E-state index in [4.69, 9.17) is 0 Å². The Hall–Kier alpha value is -2.33. The van der Waals surface area contributed by atoms with Gasteiger partial charge in [-0.2, -0.15) is 0 Å². The number of fused-ring (bicyclic) bond motifs is 1. The molecule has 0 saturated carbocycles. The average Bonchev–Trinajstić information content (AvgIpc) is 3.02. The Bertz CT molecular complexity index is 1120. The Balaban J connectivity index is 1.81. The first-order valence-corrected chi connectivity index (χ1v) is 11.9. The van der Waals surface area contributed by atoms with Gasteiger partial charge in [-0.25, -0.2) is 0 Å². The Morgan fingerprint density at radius 3 is 2.19 bits per heavy atom. The van der Waals surface area contributed by atoms with Crippen LogP contribution in [0.2, 0.25) is 0 Å². The van der Waals surface area contributed by atoms with E-state index in [0.29, 0.717) is 4.91 Å². The lowest BCUT2D eigenvalue weighted by atomic mass is 9.62. The minimum Gasteiger partial charge on any atom is -0.282 e. The molecule has 0 unspecified atom stereocenters. The summed E-state index contributed by atoms with van der Waals surface area (Å²) in [5.41, 5.74) is 9.38. The fourth-order valence-corrected chi connectivity index (χ4v) is 5.53. The van der Waals surface area contributed by atoms with E-state index in [1.54, 1.807) is 6.08 Å². The maximum Gasteiger partial charge on any atom is 0.290 e. The van der Waals surface area contributed by atoms with Crippen LogP contribution in [0.4, 0.5) is 4.79 Å². The van der Waals surface area contributed by atoms with Crippen LogP contribution in [-0.4, -0.2) is 11.1 Å². The number of aryl methyl sites for hydroxylation is 2. The highest BCUT2D eigenvalue weighted by atomic mass is 32.2. The van der Waals surface area contributed by atoms with Crippen molar-refractivity contribution in [3.05, 3.63) is 63.1 Å². The van der Waals surface area contributed by atoms with Crippen LogP contribution in [0.15, 0.2) is 35.2 Å². The van der Waals surface area contributed by atoms with Crippen molar-refractivity contribution in [3.8, 4) is 11.1 Å². The van der Waals surface area contributed by atoms with E-state index in [0.717, 1.165) is 23.7 Å². The van der Waals surface area contributed by atoms with Gasteiger partial charge in [0.2, 0.25) is 0 Å². The minimum atomic E-state index is -0.312. The molecule has 2 aliphatic rings. The molecule has 1 aliphatic heterocycles. The highest BCUT2D eigenvalue weighted by Gasteiger charge is 2.37. The molecule has 3 nitrogen and oxygen atoms in total. The van der Waals surface area contributed by atoms with E-state index in [1.165, 1.54) is 46.2 Å². The van der Waals surface area contributed by atoms with Gasteiger partial charge in [0.05, 0.1) is 4.91 Å². The molecular formula is C27H31NO2S. The number of amides is 2. The van der Waals surface area contributed by atoms with Crippen molar-refractivity contribution in [3.63, 3.8) is 0 Å². The van der Waals surface area contributed by atoms with E-state index < -0.39 is 0 Å². The molecule has 0 radical (unpaired) electrons. The summed E-state index contributed by atoms with van der Waals surface area (Å²) in [5.74, 6) is -0.312. The molecule has 1 aliphatic carbocycles. The molecule has 31 heavy (non-hydrogen) atoms. The molecule has 1 N–H and O–H groups in total. The lowest BCUT2D eigenvalue weighted by Crippen LogP contribution is -2.34. The summed E-state index contributed by atoms with van der Waals surface area (Å²) in [6.07, 6.45) is 5.11. The summed E-state index contributed by atoms with van der Waals surface area (Å²) < 4.78 is 0. The molecular weight excluding hydrogens is 402 g/mol. The molecule has 1 heterocycles. The molecule has 0 aromatic heterocycles. The Morgan fingerprint density at radius 2 is 1.61 bits per heavy atom. The standard InChI is InChI=1S/C27H31NO2S/c1-7-18-13-17(14-23-24(29)28-25(30)31-23)8-9-19(18)20-15-22-21(12-16(20)2)26(3,4)10-11-27(22,5)6/h8-9,12-15H,7,10-11H2,1-6H3,(H,28,29,30). The van der Waals surface area contributed by atoms with E-state index in [-0.39, 0.29) is 22.0 Å². The summed E-state index contributed by atoms with van der Waals surface area (Å²) in [4.78, 5) is 23.8. The number of hydrogen-bond acceptors (Lipinski definition) is 3. The zero-order chi connectivity index (χ0) is 22.6. The first-order valence-electron chi connectivity index (χ1n) is 11.1. The second-order valence-corrected chi connectivity index (χ2v) is 11.1. The number of imide groups is 1. The smallest absolute Gasteiger partial charge is 0.282 e. The normalized spacial score (nSPS) is 20.6. The van der Waals surface area contributed by atoms with Gasteiger partial charge in [-0.1, -0.05) is 65.0 Å². The molecule has 1 saturated heterocycles. The summed E-state index contributed by atoms with van der Waals surface area (Å²) in [6, 6.07) is 11.2. The predicted octanol–water partition coefficient (Wildman–Crippen LogP) is 6.90. The van der Waals surface area contributed by atoms with E-state index in [1.807, 2.05) is 6.07 Å². The first kappa shape index (κ1) is 21.9. The van der Waals surface area contributed by atoms with Crippen LogP contribution in [0.25, 0.3) is 17.2 Å². The first-order chi connectivity index (χ1) is 14.5. The third-order valence-corrected chi connectivity index (χ3v) is 7.75. The summed E-state index contributed by atoms with van der Waals surface area (Å²) in [6.45, 7) is 13.8. The predicted molar refractivity (Wildman–Crippen MR) is 130 cm³/mol. The Labute approximate surface area is 189 Å². The van der Waals surface area contributed by atoms with Gasteiger partial charge in [0, 0.05) is 0 Å². The molecule has 2 aromatic carbocycles. The fourth-order valence-electron chi connectivity index (χ4n) is 4.84. The highest BCUT2D eigenvalue weighted by Crippen LogP contribution is 2.48. The minimum absolute atomic E-state index is 0.170. The van der Waals surface area contributed by atoms with Gasteiger partial charge in [0.15, 0.2) is 0 Å². The monoisotopic (exact) mass is 433 g/mol. The van der Waals surface area contributed by atoms with Crippen molar-refractivity contribution in [1.82, 2.24) is 5.32 Å². The number of thioether (sulfide) groups is 1. The lowest BCUT2D eigenvalue weighted by Gasteiger charge is -2.42. The second-order valence-electron chi connectivity index (χ2n) is 10.1. The van der Waals surface area contributed by atoms with Crippen molar-refractivity contribution in [2.75, 3.05) is 0 Å². The van der Waals surface area contributed by atoms with Crippen LogP contribution >= 0.6 is 11.8 Å². The van der Waals surface area contributed by atoms with Crippen molar-refractivity contribution in [2.24, 2.45) is 0 Å². The van der Waals surface area contributed by atoms with E-state index >= 15 is 0 Å². The SMILES string of the molecule is CCc1cc(C=C2SC(=O)NC2=O)ccc1-c1cc2c(cc1C)C(C)(C)CCC2(C)C. The molecule has 4 rings (SSSR count). The fraction of sp³-hybridized carbons (Fsp3) is 0.407. The molecule has 4 heteroatoms. The Kier molecular flexibility index (Phi) is 5.41. The van der Waals surface area contributed by atoms with Gasteiger partial charge in [0.25, 0.3) is 11.1 Å². The zero-order valence-electron chi connectivity index (χ0n) is 19.3. The molecule has 0 bridgehead atoms. The number of hydrogen-bond donors (Lipinski definition) is 1. The third kappa shape index (κ3) is 3.98. The summed E-state index contributed by atoms with van der Waals surface area (Å²) in [7, 11) is 0. The molecule has 0 spiro atoms.